The first-order valence-corrected chi connectivity index (χ1v) is 19.3. The molecular weight excluding hydrogens is 548 g/mol. The highest BCUT2D eigenvalue weighted by molar-refractivity contribution is 5.84. The second-order valence-electron chi connectivity index (χ2n) is 13.1. The van der Waals surface area contributed by atoms with E-state index in [9.17, 15) is 14.4 Å². The van der Waals surface area contributed by atoms with Crippen LogP contribution in [-0.2, 0) is 19.1 Å². The SMILES string of the molecule is CCCCCCCCCCCCOC(=O)[C@H](CCCCNC(=O)CCCCCCCCCCC)NC(=O)CCCCCCC. The lowest BCUT2D eigenvalue weighted by atomic mass is 10.1. The number of esters is 1. The molecule has 0 fully saturated rings. The Morgan fingerprint density at radius 1 is 0.477 bits per heavy atom. The molecule has 6 heteroatoms. The molecule has 0 aliphatic carbocycles. The first kappa shape index (κ1) is 42.4. The number of amides is 2. The quantitative estimate of drug-likeness (QED) is 0.0552. The van der Waals surface area contributed by atoms with E-state index in [1.165, 1.54) is 109 Å². The number of carbonyl (C=O) groups excluding carboxylic acids is 3. The van der Waals surface area contributed by atoms with Gasteiger partial charge in [0.1, 0.15) is 6.04 Å². The lowest BCUT2D eigenvalue weighted by Gasteiger charge is -2.18. The van der Waals surface area contributed by atoms with E-state index >= 15 is 0 Å². The topological polar surface area (TPSA) is 84.5 Å². The van der Waals surface area contributed by atoms with E-state index in [0.29, 0.717) is 32.4 Å². The number of carbonyl (C=O) groups is 3. The van der Waals surface area contributed by atoms with Gasteiger partial charge in [-0.2, -0.15) is 0 Å². The molecule has 0 saturated heterocycles. The fourth-order valence-corrected chi connectivity index (χ4v) is 5.65. The van der Waals surface area contributed by atoms with Crippen molar-refractivity contribution < 1.29 is 19.1 Å². The Hall–Kier alpha value is -1.59. The van der Waals surface area contributed by atoms with Crippen molar-refractivity contribution in [3.8, 4) is 0 Å². The number of ether oxygens (including phenoxy) is 1. The number of rotatable bonds is 34. The highest BCUT2D eigenvalue weighted by Crippen LogP contribution is 2.13. The van der Waals surface area contributed by atoms with Crippen LogP contribution in [0.3, 0.4) is 0 Å². The molecule has 0 aromatic heterocycles. The van der Waals surface area contributed by atoms with Crippen LogP contribution in [0.15, 0.2) is 0 Å². The van der Waals surface area contributed by atoms with Gasteiger partial charge in [0.15, 0.2) is 0 Å². The van der Waals surface area contributed by atoms with Gasteiger partial charge in [-0.15, -0.1) is 0 Å². The van der Waals surface area contributed by atoms with Crippen molar-refractivity contribution in [1.82, 2.24) is 10.6 Å². The molecule has 2 N–H and O–H groups in total. The van der Waals surface area contributed by atoms with Gasteiger partial charge in [-0.3, -0.25) is 9.59 Å². The first-order valence-electron chi connectivity index (χ1n) is 19.3. The Balaban J connectivity index is 4.21. The molecule has 0 spiro atoms. The molecule has 6 nitrogen and oxygen atoms in total. The summed E-state index contributed by atoms with van der Waals surface area (Å²) < 4.78 is 5.60. The van der Waals surface area contributed by atoms with E-state index in [1.807, 2.05) is 0 Å². The molecule has 0 aliphatic heterocycles. The summed E-state index contributed by atoms with van der Waals surface area (Å²) in [6, 6.07) is -0.598. The van der Waals surface area contributed by atoms with Crippen molar-refractivity contribution >= 4 is 17.8 Å². The molecule has 0 bridgehead atoms. The minimum Gasteiger partial charge on any atom is -0.464 e. The Kier molecular flexibility index (Phi) is 33.0. The van der Waals surface area contributed by atoms with Gasteiger partial charge in [-0.1, -0.05) is 156 Å². The lowest BCUT2D eigenvalue weighted by Crippen LogP contribution is -2.42. The highest BCUT2D eigenvalue weighted by atomic mass is 16.5. The van der Waals surface area contributed by atoms with Crippen LogP contribution in [0, 0.1) is 0 Å². The van der Waals surface area contributed by atoms with Crippen LogP contribution in [0.1, 0.15) is 207 Å². The zero-order valence-corrected chi connectivity index (χ0v) is 29.6. The number of nitrogens with one attached hydrogen (secondary N) is 2. The standard InChI is InChI=1S/C38H74N2O4/c1-4-7-10-13-15-17-19-21-24-29-34-44-38(43)35(40-37(42)32-26-22-12-9-6-3)30-27-28-33-39-36(41)31-25-23-20-18-16-14-11-8-5-2/h35H,4-34H2,1-3H3,(H,39,41)(H,40,42)/t35-/m0/s1. The van der Waals surface area contributed by atoms with Crippen molar-refractivity contribution in [3.05, 3.63) is 0 Å². The van der Waals surface area contributed by atoms with Gasteiger partial charge in [0, 0.05) is 19.4 Å². The average Bonchev–Trinajstić information content (AvgIpc) is 3.01. The summed E-state index contributed by atoms with van der Waals surface area (Å²) in [5, 5.41) is 5.98. The molecule has 0 aromatic carbocycles. The van der Waals surface area contributed by atoms with E-state index in [0.717, 1.165) is 57.8 Å². The third-order valence-electron chi connectivity index (χ3n) is 8.62. The molecule has 0 saturated carbocycles. The van der Waals surface area contributed by atoms with Crippen LogP contribution in [-0.4, -0.2) is 37.0 Å². The summed E-state index contributed by atoms with van der Waals surface area (Å²) in [4.78, 5) is 37.7. The Morgan fingerprint density at radius 2 is 0.886 bits per heavy atom. The van der Waals surface area contributed by atoms with Crippen LogP contribution in [0.4, 0.5) is 0 Å². The maximum atomic E-state index is 12.9. The van der Waals surface area contributed by atoms with Crippen LogP contribution < -0.4 is 10.6 Å². The predicted octanol–water partition coefficient (Wildman–Crippen LogP) is 10.5. The summed E-state index contributed by atoms with van der Waals surface area (Å²) >= 11 is 0. The van der Waals surface area contributed by atoms with E-state index in [1.54, 1.807) is 0 Å². The van der Waals surface area contributed by atoms with E-state index in [-0.39, 0.29) is 17.8 Å². The molecule has 0 heterocycles. The van der Waals surface area contributed by atoms with Crippen molar-refractivity contribution in [2.24, 2.45) is 0 Å². The highest BCUT2D eigenvalue weighted by Gasteiger charge is 2.21. The van der Waals surface area contributed by atoms with Crippen molar-refractivity contribution in [2.45, 2.75) is 213 Å². The molecule has 0 aliphatic rings. The van der Waals surface area contributed by atoms with Gasteiger partial charge < -0.3 is 15.4 Å². The fourth-order valence-electron chi connectivity index (χ4n) is 5.65. The summed E-state index contributed by atoms with van der Waals surface area (Å²) in [7, 11) is 0. The number of hydrogen-bond donors (Lipinski definition) is 2. The van der Waals surface area contributed by atoms with Crippen LogP contribution in [0.25, 0.3) is 0 Å². The van der Waals surface area contributed by atoms with Crippen LogP contribution in [0.5, 0.6) is 0 Å². The molecule has 0 unspecified atom stereocenters. The zero-order chi connectivity index (χ0) is 32.4. The molecule has 0 rings (SSSR count). The molecule has 0 aromatic rings. The predicted molar refractivity (Wildman–Crippen MR) is 187 cm³/mol. The average molecular weight is 623 g/mol. The van der Waals surface area contributed by atoms with E-state index in [2.05, 4.69) is 31.4 Å². The van der Waals surface area contributed by atoms with Gasteiger partial charge in [0.2, 0.25) is 11.8 Å². The smallest absolute Gasteiger partial charge is 0.328 e. The van der Waals surface area contributed by atoms with Crippen molar-refractivity contribution in [3.63, 3.8) is 0 Å². The minimum atomic E-state index is -0.598. The first-order chi connectivity index (χ1) is 21.5. The minimum absolute atomic E-state index is 0.0587. The maximum absolute atomic E-state index is 12.9. The monoisotopic (exact) mass is 623 g/mol. The van der Waals surface area contributed by atoms with E-state index in [4.69, 9.17) is 4.74 Å². The maximum Gasteiger partial charge on any atom is 0.328 e. The van der Waals surface area contributed by atoms with Gasteiger partial charge in [-0.25, -0.2) is 4.79 Å². The summed E-state index contributed by atoms with van der Waals surface area (Å²) in [6.07, 6.45) is 32.2. The van der Waals surface area contributed by atoms with Crippen molar-refractivity contribution in [1.29, 1.82) is 0 Å². The normalized spacial score (nSPS) is 11.8. The Morgan fingerprint density at radius 3 is 1.36 bits per heavy atom. The molecule has 0 radical (unpaired) electrons. The summed E-state index contributed by atoms with van der Waals surface area (Å²) in [5.41, 5.74) is 0. The molecule has 260 valence electrons. The second-order valence-corrected chi connectivity index (χ2v) is 13.1. The zero-order valence-electron chi connectivity index (χ0n) is 29.6. The van der Waals surface area contributed by atoms with Gasteiger partial charge >= 0.3 is 5.97 Å². The molecule has 2 amide bonds. The fraction of sp³-hybridized carbons (Fsp3) is 0.921. The largest absolute Gasteiger partial charge is 0.464 e. The molecule has 1 atom stereocenters. The molecule has 44 heavy (non-hydrogen) atoms. The molecular formula is C38H74N2O4. The summed E-state index contributed by atoms with van der Waals surface area (Å²) in [6.45, 7) is 7.72. The lowest BCUT2D eigenvalue weighted by molar-refractivity contribution is -0.148. The third-order valence-corrected chi connectivity index (χ3v) is 8.62. The van der Waals surface area contributed by atoms with E-state index < -0.39 is 6.04 Å². The van der Waals surface area contributed by atoms with Gasteiger partial charge in [-0.05, 0) is 38.5 Å². The third kappa shape index (κ3) is 30.4. The van der Waals surface area contributed by atoms with Gasteiger partial charge in [0.05, 0.1) is 6.61 Å². The van der Waals surface area contributed by atoms with Crippen molar-refractivity contribution in [2.75, 3.05) is 13.2 Å². The summed E-state index contributed by atoms with van der Waals surface area (Å²) in [5.74, 6) is -0.247. The number of unbranched alkanes of at least 4 members (excludes halogenated alkanes) is 22. The van der Waals surface area contributed by atoms with Crippen LogP contribution >= 0.6 is 0 Å². The number of hydrogen-bond acceptors (Lipinski definition) is 4. The Bertz CT molecular complexity index is 655. The van der Waals surface area contributed by atoms with Gasteiger partial charge in [0.25, 0.3) is 0 Å². The second kappa shape index (κ2) is 34.3. The van der Waals surface area contributed by atoms with Crippen LogP contribution in [0.2, 0.25) is 0 Å². The Labute approximate surface area is 273 Å².